The molecule has 0 spiro atoms. The lowest BCUT2D eigenvalue weighted by molar-refractivity contribution is -0.130. The van der Waals surface area contributed by atoms with Crippen LogP contribution in [0.2, 0.25) is 0 Å². The van der Waals surface area contributed by atoms with Gasteiger partial charge in [0.15, 0.2) is 0 Å². The normalized spacial score (nSPS) is 42.6. The average molecular weight is 169 g/mol. The van der Waals surface area contributed by atoms with Gasteiger partial charge in [-0.25, -0.2) is 0 Å². The molecule has 2 rings (SSSR count). The summed E-state index contributed by atoms with van der Waals surface area (Å²) in [5.41, 5.74) is -0.222. The number of hydrogen-bond acceptors (Lipinski definition) is 3. The van der Waals surface area contributed by atoms with Crippen LogP contribution in [-0.4, -0.2) is 31.1 Å². The first-order valence-corrected chi connectivity index (χ1v) is 4.60. The zero-order valence-corrected chi connectivity index (χ0v) is 7.38. The smallest absolute Gasteiger partial charge is 0.139 e. The highest BCUT2D eigenvalue weighted by Crippen LogP contribution is 2.44. The summed E-state index contributed by atoms with van der Waals surface area (Å²) in [4.78, 5) is 10.8. The van der Waals surface area contributed by atoms with E-state index in [4.69, 9.17) is 4.74 Å². The lowest BCUT2D eigenvalue weighted by Crippen LogP contribution is -2.58. The molecule has 1 aliphatic carbocycles. The van der Waals surface area contributed by atoms with Crippen LogP contribution in [0.15, 0.2) is 0 Å². The molecule has 0 aromatic rings. The third kappa shape index (κ3) is 1.17. The standard InChI is InChI=1S/C9H15NO2/c1-9(7-2-3-7)8(6-11)10-4-5-12-9/h6-8,10H,2-5H2,1H3/t8?,9-/m0/s1. The van der Waals surface area contributed by atoms with Crippen LogP contribution in [0.5, 0.6) is 0 Å². The highest BCUT2D eigenvalue weighted by atomic mass is 16.5. The first kappa shape index (κ1) is 8.20. The first-order valence-electron chi connectivity index (χ1n) is 4.60. The van der Waals surface area contributed by atoms with Gasteiger partial charge in [0.2, 0.25) is 0 Å². The Hall–Kier alpha value is -0.410. The van der Waals surface area contributed by atoms with Crippen molar-refractivity contribution in [2.75, 3.05) is 13.2 Å². The van der Waals surface area contributed by atoms with Crippen molar-refractivity contribution in [3.05, 3.63) is 0 Å². The largest absolute Gasteiger partial charge is 0.372 e. The van der Waals surface area contributed by atoms with Crippen molar-refractivity contribution in [2.45, 2.75) is 31.4 Å². The van der Waals surface area contributed by atoms with Crippen molar-refractivity contribution < 1.29 is 9.53 Å². The number of rotatable bonds is 2. The van der Waals surface area contributed by atoms with E-state index in [0.29, 0.717) is 5.92 Å². The summed E-state index contributed by atoms with van der Waals surface area (Å²) in [6.45, 7) is 3.58. The van der Waals surface area contributed by atoms with Crippen molar-refractivity contribution in [2.24, 2.45) is 5.92 Å². The van der Waals surface area contributed by atoms with Crippen molar-refractivity contribution in [1.29, 1.82) is 0 Å². The maximum Gasteiger partial charge on any atom is 0.139 e. The minimum Gasteiger partial charge on any atom is -0.372 e. The molecule has 1 heterocycles. The third-order valence-corrected chi connectivity index (χ3v) is 3.02. The fourth-order valence-electron chi connectivity index (χ4n) is 1.99. The zero-order chi connectivity index (χ0) is 8.60. The number of nitrogens with one attached hydrogen (secondary N) is 1. The summed E-state index contributed by atoms with van der Waals surface area (Å²) in [7, 11) is 0. The van der Waals surface area contributed by atoms with Gasteiger partial charge < -0.3 is 14.8 Å². The Morgan fingerprint density at radius 2 is 2.33 bits per heavy atom. The van der Waals surface area contributed by atoms with Crippen LogP contribution in [0, 0.1) is 5.92 Å². The summed E-state index contributed by atoms with van der Waals surface area (Å²) in [5.74, 6) is 0.598. The third-order valence-electron chi connectivity index (χ3n) is 3.02. The second kappa shape index (κ2) is 2.82. The van der Waals surface area contributed by atoms with Crippen molar-refractivity contribution in [3.8, 4) is 0 Å². The van der Waals surface area contributed by atoms with Crippen molar-refractivity contribution in [1.82, 2.24) is 5.32 Å². The number of carbonyl (C=O) groups excluding carboxylic acids is 1. The van der Waals surface area contributed by atoms with Crippen LogP contribution < -0.4 is 5.32 Å². The maximum atomic E-state index is 10.8. The van der Waals surface area contributed by atoms with E-state index < -0.39 is 0 Å². The highest BCUT2D eigenvalue weighted by Gasteiger charge is 2.49. The molecule has 0 bridgehead atoms. The van der Waals surface area contributed by atoms with Gasteiger partial charge in [0.05, 0.1) is 18.2 Å². The summed E-state index contributed by atoms with van der Waals surface area (Å²) < 4.78 is 5.70. The van der Waals surface area contributed by atoms with Crippen LogP contribution >= 0.6 is 0 Å². The Morgan fingerprint density at radius 1 is 1.58 bits per heavy atom. The number of carbonyl (C=O) groups is 1. The Kier molecular flexibility index (Phi) is 1.93. The molecule has 0 radical (unpaired) electrons. The topological polar surface area (TPSA) is 38.3 Å². The van der Waals surface area contributed by atoms with Gasteiger partial charge in [-0.2, -0.15) is 0 Å². The molecule has 0 aromatic heterocycles. The molecule has 2 fully saturated rings. The summed E-state index contributed by atoms with van der Waals surface area (Å²) in [6, 6.07) is -0.0984. The molecule has 1 aliphatic heterocycles. The lowest BCUT2D eigenvalue weighted by atomic mass is 9.90. The molecule has 12 heavy (non-hydrogen) atoms. The van der Waals surface area contributed by atoms with Gasteiger partial charge in [-0.05, 0) is 25.7 Å². The first-order chi connectivity index (χ1) is 5.77. The van der Waals surface area contributed by atoms with E-state index in [1.165, 1.54) is 12.8 Å². The number of hydrogen-bond donors (Lipinski definition) is 1. The van der Waals surface area contributed by atoms with Crippen LogP contribution in [0.3, 0.4) is 0 Å². The summed E-state index contributed by atoms with van der Waals surface area (Å²) in [6.07, 6.45) is 3.41. The predicted molar refractivity (Wildman–Crippen MR) is 44.9 cm³/mol. The lowest BCUT2D eigenvalue weighted by Gasteiger charge is -2.39. The zero-order valence-electron chi connectivity index (χ0n) is 7.38. The molecule has 0 amide bonds. The Balaban J connectivity index is 2.11. The van der Waals surface area contributed by atoms with Gasteiger partial charge in [-0.3, -0.25) is 0 Å². The van der Waals surface area contributed by atoms with E-state index in [2.05, 4.69) is 12.2 Å². The Labute approximate surface area is 72.5 Å². The van der Waals surface area contributed by atoms with E-state index in [1.807, 2.05) is 0 Å². The van der Waals surface area contributed by atoms with Gasteiger partial charge >= 0.3 is 0 Å². The van der Waals surface area contributed by atoms with Crippen LogP contribution in [0.1, 0.15) is 19.8 Å². The molecule has 3 heteroatoms. The van der Waals surface area contributed by atoms with Gasteiger partial charge in [0, 0.05) is 6.54 Å². The molecule has 3 nitrogen and oxygen atoms in total. The number of aldehydes is 1. The van der Waals surface area contributed by atoms with E-state index in [1.54, 1.807) is 0 Å². The minimum atomic E-state index is -0.222. The molecule has 2 aliphatic rings. The van der Waals surface area contributed by atoms with Crippen LogP contribution in [0.25, 0.3) is 0 Å². The van der Waals surface area contributed by atoms with Crippen LogP contribution in [-0.2, 0) is 9.53 Å². The molecule has 1 saturated heterocycles. The molecule has 1 saturated carbocycles. The van der Waals surface area contributed by atoms with Crippen LogP contribution in [0.4, 0.5) is 0 Å². The maximum absolute atomic E-state index is 10.8. The minimum absolute atomic E-state index is 0.0984. The SMILES string of the molecule is C[C@@]1(C2CC2)OCCNC1C=O. The van der Waals surface area contributed by atoms with Gasteiger partial charge in [0.1, 0.15) is 6.29 Å². The van der Waals surface area contributed by atoms with Gasteiger partial charge in [-0.15, -0.1) is 0 Å². The van der Waals surface area contributed by atoms with Gasteiger partial charge in [0.25, 0.3) is 0 Å². The average Bonchev–Trinajstić information content (AvgIpc) is 2.87. The second-order valence-corrected chi connectivity index (χ2v) is 3.87. The Morgan fingerprint density at radius 3 is 2.92 bits per heavy atom. The molecule has 68 valence electrons. The van der Waals surface area contributed by atoms with E-state index in [9.17, 15) is 4.79 Å². The fraction of sp³-hybridized carbons (Fsp3) is 0.889. The van der Waals surface area contributed by atoms with E-state index in [-0.39, 0.29) is 11.6 Å². The second-order valence-electron chi connectivity index (χ2n) is 3.87. The predicted octanol–water partition coefficient (Wildman–Crippen LogP) is 0.342. The summed E-state index contributed by atoms with van der Waals surface area (Å²) in [5, 5.41) is 3.19. The quantitative estimate of drug-likeness (QED) is 0.606. The molecular formula is C9H15NO2. The Bertz CT molecular complexity index is 191. The highest BCUT2D eigenvalue weighted by molar-refractivity contribution is 5.60. The molecule has 1 unspecified atom stereocenters. The van der Waals surface area contributed by atoms with Gasteiger partial charge in [-0.1, -0.05) is 0 Å². The fourth-order valence-corrected chi connectivity index (χ4v) is 1.99. The molecular weight excluding hydrogens is 154 g/mol. The van der Waals surface area contributed by atoms with Crippen molar-refractivity contribution in [3.63, 3.8) is 0 Å². The van der Waals surface area contributed by atoms with E-state index >= 15 is 0 Å². The molecule has 2 atom stereocenters. The number of ether oxygens (including phenoxy) is 1. The molecule has 0 aromatic carbocycles. The monoisotopic (exact) mass is 169 g/mol. The number of morpholine rings is 1. The van der Waals surface area contributed by atoms with E-state index in [0.717, 1.165) is 19.4 Å². The summed E-state index contributed by atoms with van der Waals surface area (Å²) >= 11 is 0. The van der Waals surface area contributed by atoms with Crippen molar-refractivity contribution >= 4 is 6.29 Å². The molecule has 1 N–H and O–H groups in total.